The van der Waals surface area contributed by atoms with Crippen molar-refractivity contribution >= 4 is 40.9 Å². The minimum atomic E-state index is -0.342. The van der Waals surface area contributed by atoms with Crippen LogP contribution in [-0.4, -0.2) is 32.3 Å². The molecule has 0 bridgehead atoms. The van der Waals surface area contributed by atoms with Crippen molar-refractivity contribution in [3.63, 3.8) is 0 Å². The van der Waals surface area contributed by atoms with Crippen LogP contribution in [0, 0.1) is 12.8 Å². The molecule has 3 rings (SSSR count). The molecule has 3 aromatic rings. The van der Waals surface area contributed by atoms with Gasteiger partial charge >= 0.3 is 0 Å². The van der Waals surface area contributed by atoms with Crippen molar-refractivity contribution in [2.24, 2.45) is 13.0 Å². The number of rotatable bonds is 8. The fourth-order valence-corrected chi connectivity index (χ4v) is 3.97. The number of carbonyl (C=O) groups is 2. The highest BCUT2D eigenvalue weighted by Crippen LogP contribution is 2.25. The van der Waals surface area contributed by atoms with E-state index in [0.717, 1.165) is 11.3 Å². The number of nitrogens with zero attached hydrogens (tertiary/aromatic N) is 3. The highest BCUT2D eigenvalue weighted by molar-refractivity contribution is 7.99. The van der Waals surface area contributed by atoms with E-state index in [0.29, 0.717) is 21.6 Å². The van der Waals surface area contributed by atoms with E-state index in [-0.39, 0.29) is 29.5 Å². The Bertz CT molecular complexity index is 1100. The molecule has 1 aromatic heterocycles. The van der Waals surface area contributed by atoms with E-state index in [1.54, 1.807) is 24.3 Å². The van der Waals surface area contributed by atoms with Crippen LogP contribution >= 0.6 is 23.4 Å². The molecule has 0 saturated carbocycles. The Morgan fingerprint density at radius 3 is 2.50 bits per heavy atom. The first-order chi connectivity index (χ1) is 15.2. The number of thioether (sulfide) groups is 1. The molecular weight excluding hydrogens is 446 g/mol. The van der Waals surface area contributed by atoms with Crippen LogP contribution < -0.4 is 10.6 Å². The summed E-state index contributed by atoms with van der Waals surface area (Å²) in [7, 11) is 1.83. The molecule has 0 unspecified atom stereocenters. The van der Waals surface area contributed by atoms with Crippen molar-refractivity contribution < 1.29 is 9.59 Å². The second kappa shape index (κ2) is 10.7. The van der Waals surface area contributed by atoms with Gasteiger partial charge in [0.2, 0.25) is 5.91 Å². The van der Waals surface area contributed by atoms with Gasteiger partial charge in [0.25, 0.3) is 5.91 Å². The van der Waals surface area contributed by atoms with Crippen LogP contribution in [0.3, 0.4) is 0 Å². The van der Waals surface area contributed by atoms with Gasteiger partial charge in [0, 0.05) is 23.3 Å². The molecule has 0 radical (unpaired) electrons. The third kappa shape index (κ3) is 6.11. The van der Waals surface area contributed by atoms with Crippen LogP contribution in [0.15, 0.2) is 53.7 Å². The number of hydrogen-bond acceptors (Lipinski definition) is 5. The van der Waals surface area contributed by atoms with E-state index in [1.807, 2.05) is 56.7 Å². The highest BCUT2D eigenvalue weighted by Gasteiger charge is 2.25. The standard InChI is InChI=1S/C23H26ClN5O2S/c1-14(2)20(26-22(31)16-8-10-17(24)11-9-16)21-27-28-23(29(21)4)32-13-19(30)25-18-7-5-6-15(3)12-18/h5-12,14,20H,13H2,1-4H3,(H,25,30)(H,26,31)/t20-/m0/s1. The van der Waals surface area contributed by atoms with Gasteiger partial charge in [0.15, 0.2) is 11.0 Å². The molecule has 1 atom stereocenters. The molecule has 9 heteroatoms. The summed E-state index contributed by atoms with van der Waals surface area (Å²) < 4.78 is 1.82. The van der Waals surface area contributed by atoms with E-state index in [9.17, 15) is 9.59 Å². The third-order valence-corrected chi connectivity index (χ3v) is 6.11. The van der Waals surface area contributed by atoms with Crippen molar-refractivity contribution in [2.75, 3.05) is 11.1 Å². The van der Waals surface area contributed by atoms with E-state index in [1.165, 1.54) is 11.8 Å². The molecule has 2 amide bonds. The first-order valence-corrected chi connectivity index (χ1v) is 11.6. The number of aromatic nitrogens is 3. The fourth-order valence-electron chi connectivity index (χ4n) is 3.13. The van der Waals surface area contributed by atoms with Crippen LogP contribution in [0.1, 0.15) is 41.6 Å². The Balaban J connectivity index is 1.66. The summed E-state index contributed by atoms with van der Waals surface area (Å²) in [5, 5.41) is 15.6. The normalized spacial score (nSPS) is 11.9. The van der Waals surface area contributed by atoms with E-state index in [4.69, 9.17) is 11.6 Å². The highest BCUT2D eigenvalue weighted by atomic mass is 35.5. The molecule has 2 aromatic carbocycles. The molecule has 2 N–H and O–H groups in total. The topological polar surface area (TPSA) is 88.9 Å². The van der Waals surface area contributed by atoms with Crippen LogP contribution in [-0.2, 0) is 11.8 Å². The number of halogens is 1. The molecular formula is C23H26ClN5O2S. The van der Waals surface area contributed by atoms with Gasteiger partial charge < -0.3 is 15.2 Å². The third-order valence-electron chi connectivity index (χ3n) is 4.84. The van der Waals surface area contributed by atoms with Gasteiger partial charge in [-0.1, -0.05) is 49.3 Å². The molecule has 32 heavy (non-hydrogen) atoms. The molecule has 0 aliphatic heterocycles. The van der Waals surface area contributed by atoms with Crippen LogP contribution in [0.5, 0.6) is 0 Å². The molecule has 7 nitrogen and oxygen atoms in total. The van der Waals surface area contributed by atoms with Gasteiger partial charge in [0.1, 0.15) is 0 Å². The Morgan fingerprint density at radius 1 is 1.12 bits per heavy atom. The second-order valence-electron chi connectivity index (χ2n) is 7.81. The number of benzene rings is 2. The van der Waals surface area contributed by atoms with Crippen LogP contribution in [0.25, 0.3) is 0 Å². The lowest BCUT2D eigenvalue weighted by Gasteiger charge is -2.21. The number of amides is 2. The molecule has 168 valence electrons. The summed E-state index contributed by atoms with van der Waals surface area (Å²) in [5.41, 5.74) is 2.36. The predicted octanol–water partition coefficient (Wildman–Crippen LogP) is 4.63. The molecule has 0 spiro atoms. The lowest BCUT2D eigenvalue weighted by atomic mass is 10.0. The lowest BCUT2D eigenvalue weighted by Crippen LogP contribution is -2.33. The van der Waals surface area contributed by atoms with Gasteiger partial charge in [-0.15, -0.1) is 10.2 Å². The van der Waals surface area contributed by atoms with Gasteiger partial charge in [-0.3, -0.25) is 9.59 Å². The van der Waals surface area contributed by atoms with E-state index < -0.39 is 0 Å². The van der Waals surface area contributed by atoms with Gasteiger partial charge in [-0.2, -0.15) is 0 Å². The maximum Gasteiger partial charge on any atom is 0.251 e. The molecule has 0 aliphatic rings. The minimum Gasteiger partial charge on any atom is -0.342 e. The summed E-state index contributed by atoms with van der Waals surface area (Å²) in [6.07, 6.45) is 0. The van der Waals surface area contributed by atoms with Crippen LogP contribution in [0.4, 0.5) is 5.69 Å². The Kier molecular flexibility index (Phi) is 7.93. The second-order valence-corrected chi connectivity index (χ2v) is 9.19. The predicted molar refractivity (Wildman–Crippen MR) is 128 cm³/mol. The zero-order chi connectivity index (χ0) is 23.3. The zero-order valence-electron chi connectivity index (χ0n) is 18.4. The van der Waals surface area contributed by atoms with Crippen molar-refractivity contribution in [2.45, 2.75) is 32.0 Å². The van der Waals surface area contributed by atoms with Gasteiger partial charge in [-0.25, -0.2) is 0 Å². The smallest absolute Gasteiger partial charge is 0.251 e. The zero-order valence-corrected chi connectivity index (χ0v) is 20.0. The number of anilines is 1. The first kappa shape index (κ1) is 23.8. The monoisotopic (exact) mass is 471 g/mol. The maximum atomic E-state index is 12.7. The Hall–Kier alpha value is -2.84. The van der Waals surface area contributed by atoms with Crippen molar-refractivity contribution in [3.05, 3.63) is 70.5 Å². The Labute approximate surface area is 197 Å². The largest absolute Gasteiger partial charge is 0.342 e. The van der Waals surface area contributed by atoms with Crippen molar-refractivity contribution in [1.29, 1.82) is 0 Å². The quantitative estimate of drug-likeness (QED) is 0.467. The minimum absolute atomic E-state index is 0.0802. The lowest BCUT2D eigenvalue weighted by molar-refractivity contribution is -0.113. The summed E-state index contributed by atoms with van der Waals surface area (Å²) in [5.74, 6) is 0.570. The summed E-state index contributed by atoms with van der Waals surface area (Å²) in [6.45, 7) is 5.98. The first-order valence-electron chi connectivity index (χ1n) is 10.2. The SMILES string of the molecule is Cc1cccc(NC(=O)CSc2nnc([C@@H](NC(=O)c3ccc(Cl)cc3)C(C)C)n2C)c1. The summed E-state index contributed by atoms with van der Waals surface area (Å²) in [6, 6.07) is 14.0. The van der Waals surface area contributed by atoms with Crippen LogP contribution in [0.2, 0.25) is 5.02 Å². The number of carbonyl (C=O) groups excluding carboxylic acids is 2. The molecule has 0 fully saturated rings. The average Bonchev–Trinajstić information content (AvgIpc) is 3.10. The Morgan fingerprint density at radius 2 is 1.84 bits per heavy atom. The van der Waals surface area contributed by atoms with Gasteiger partial charge in [-0.05, 0) is 54.8 Å². The van der Waals surface area contributed by atoms with Crippen molar-refractivity contribution in [1.82, 2.24) is 20.1 Å². The molecule has 1 heterocycles. The molecule has 0 saturated heterocycles. The fraction of sp³-hybridized carbons (Fsp3) is 0.304. The number of aryl methyl sites for hydroxylation is 1. The number of hydrogen-bond donors (Lipinski definition) is 2. The summed E-state index contributed by atoms with van der Waals surface area (Å²) >= 11 is 7.21. The summed E-state index contributed by atoms with van der Waals surface area (Å²) in [4.78, 5) is 25.0. The van der Waals surface area contributed by atoms with Gasteiger partial charge in [0.05, 0.1) is 11.8 Å². The number of nitrogens with one attached hydrogen (secondary N) is 2. The van der Waals surface area contributed by atoms with E-state index in [2.05, 4.69) is 20.8 Å². The molecule has 0 aliphatic carbocycles. The maximum absolute atomic E-state index is 12.7. The van der Waals surface area contributed by atoms with Crippen molar-refractivity contribution in [3.8, 4) is 0 Å². The average molecular weight is 472 g/mol. The van der Waals surface area contributed by atoms with E-state index >= 15 is 0 Å².